The molecule has 0 fully saturated rings. The Bertz CT molecular complexity index is 420. The van der Waals surface area contributed by atoms with Crippen molar-refractivity contribution in [2.75, 3.05) is 5.75 Å². The van der Waals surface area contributed by atoms with Gasteiger partial charge >= 0.3 is 5.97 Å². The Morgan fingerprint density at radius 1 is 1.41 bits per heavy atom. The number of carboxylic acid groups (broad SMARTS) is 1. The standard InChI is InChI=1S/C12H15NO3S/c1-8-5-3-4-6-10(8)17-7-11(14)13-9(2)12(15)16/h3-6,9H,7H2,1-2H3,(H,13,14)(H,15,16)/t9-/m0/s1. The number of thioether (sulfide) groups is 1. The summed E-state index contributed by atoms with van der Waals surface area (Å²) in [7, 11) is 0. The lowest BCUT2D eigenvalue weighted by atomic mass is 10.2. The number of hydrogen-bond acceptors (Lipinski definition) is 3. The third-order valence-corrected chi connectivity index (χ3v) is 3.38. The third kappa shape index (κ3) is 4.48. The van der Waals surface area contributed by atoms with E-state index in [0.717, 1.165) is 10.5 Å². The molecule has 5 heteroatoms. The molecule has 0 bridgehead atoms. The van der Waals surface area contributed by atoms with Gasteiger partial charge in [0.15, 0.2) is 0 Å². The lowest BCUT2D eigenvalue weighted by Gasteiger charge is -2.09. The quantitative estimate of drug-likeness (QED) is 0.783. The second kappa shape index (κ2) is 6.30. The third-order valence-electron chi connectivity index (χ3n) is 2.20. The minimum Gasteiger partial charge on any atom is -0.480 e. The Hall–Kier alpha value is -1.49. The predicted octanol–water partition coefficient (Wildman–Crippen LogP) is 1.68. The molecule has 0 saturated carbocycles. The summed E-state index contributed by atoms with van der Waals surface area (Å²) in [6, 6.07) is 6.91. The molecule has 1 amide bonds. The van der Waals surface area contributed by atoms with E-state index in [1.807, 2.05) is 31.2 Å². The molecular formula is C12H15NO3S. The van der Waals surface area contributed by atoms with Crippen molar-refractivity contribution in [2.45, 2.75) is 24.8 Å². The van der Waals surface area contributed by atoms with Crippen molar-refractivity contribution in [3.05, 3.63) is 29.8 Å². The monoisotopic (exact) mass is 253 g/mol. The maximum Gasteiger partial charge on any atom is 0.325 e. The van der Waals surface area contributed by atoms with Crippen LogP contribution in [0.1, 0.15) is 12.5 Å². The summed E-state index contributed by atoms with van der Waals surface area (Å²) in [5.74, 6) is -1.07. The summed E-state index contributed by atoms with van der Waals surface area (Å²) in [5.41, 5.74) is 1.11. The maximum atomic E-state index is 11.4. The molecular weight excluding hydrogens is 238 g/mol. The Morgan fingerprint density at radius 2 is 2.06 bits per heavy atom. The first kappa shape index (κ1) is 13.6. The van der Waals surface area contributed by atoms with Gasteiger partial charge in [-0.1, -0.05) is 18.2 Å². The van der Waals surface area contributed by atoms with Gasteiger partial charge in [-0.05, 0) is 25.5 Å². The van der Waals surface area contributed by atoms with Crippen molar-refractivity contribution < 1.29 is 14.7 Å². The van der Waals surface area contributed by atoms with Crippen molar-refractivity contribution in [3.8, 4) is 0 Å². The van der Waals surface area contributed by atoms with E-state index in [2.05, 4.69) is 5.32 Å². The van der Waals surface area contributed by atoms with E-state index < -0.39 is 12.0 Å². The van der Waals surface area contributed by atoms with Gasteiger partial charge < -0.3 is 10.4 Å². The fraction of sp³-hybridized carbons (Fsp3) is 0.333. The van der Waals surface area contributed by atoms with Gasteiger partial charge in [0.25, 0.3) is 0 Å². The van der Waals surface area contributed by atoms with Crippen LogP contribution in [0.5, 0.6) is 0 Å². The number of benzene rings is 1. The minimum absolute atomic E-state index is 0.225. The van der Waals surface area contributed by atoms with E-state index in [-0.39, 0.29) is 11.7 Å². The first-order chi connectivity index (χ1) is 8.00. The van der Waals surface area contributed by atoms with Crippen LogP contribution >= 0.6 is 11.8 Å². The highest BCUT2D eigenvalue weighted by Crippen LogP contribution is 2.21. The molecule has 17 heavy (non-hydrogen) atoms. The second-order valence-corrected chi connectivity index (χ2v) is 4.70. The van der Waals surface area contributed by atoms with E-state index in [4.69, 9.17) is 5.11 Å². The summed E-state index contributed by atoms with van der Waals surface area (Å²) in [6.07, 6.45) is 0. The number of carbonyl (C=O) groups excluding carboxylic acids is 1. The number of amides is 1. The zero-order valence-electron chi connectivity index (χ0n) is 9.77. The molecule has 1 aromatic carbocycles. The lowest BCUT2D eigenvalue weighted by molar-refractivity contribution is -0.140. The molecule has 0 heterocycles. The van der Waals surface area contributed by atoms with Crippen molar-refractivity contribution in [3.63, 3.8) is 0 Å². The summed E-state index contributed by atoms with van der Waals surface area (Å²) >= 11 is 1.40. The number of aryl methyl sites for hydroxylation is 1. The first-order valence-corrected chi connectivity index (χ1v) is 6.20. The van der Waals surface area contributed by atoms with Gasteiger partial charge in [-0.3, -0.25) is 9.59 Å². The van der Waals surface area contributed by atoms with Gasteiger partial charge in [0, 0.05) is 4.90 Å². The summed E-state index contributed by atoms with van der Waals surface area (Å²) < 4.78 is 0. The van der Waals surface area contributed by atoms with E-state index >= 15 is 0 Å². The van der Waals surface area contributed by atoms with Crippen LogP contribution in [0, 0.1) is 6.92 Å². The SMILES string of the molecule is Cc1ccccc1SCC(=O)N[C@@H](C)C(=O)O. The van der Waals surface area contributed by atoms with Crippen LogP contribution in [0.3, 0.4) is 0 Å². The number of hydrogen-bond donors (Lipinski definition) is 2. The molecule has 2 N–H and O–H groups in total. The number of carbonyl (C=O) groups is 2. The van der Waals surface area contributed by atoms with Crippen molar-refractivity contribution in [1.29, 1.82) is 0 Å². The second-order valence-electron chi connectivity index (χ2n) is 3.68. The molecule has 0 unspecified atom stereocenters. The normalized spacial score (nSPS) is 11.9. The molecule has 1 aromatic rings. The van der Waals surface area contributed by atoms with Crippen molar-refractivity contribution in [1.82, 2.24) is 5.32 Å². The van der Waals surface area contributed by atoms with Gasteiger partial charge in [0.1, 0.15) is 6.04 Å². The van der Waals surface area contributed by atoms with E-state index in [0.29, 0.717) is 0 Å². The molecule has 0 spiro atoms. The lowest BCUT2D eigenvalue weighted by Crippen LogP contribution is -2.39. The zero-order valence-corrected chi connectivity index (χ0v) is 10.6. The van der Waals surface area contributed by atoms with Crippen LogP contribution in [0.2, 0.25) is 0 Å². The molecule has 0 aliphatic heterocycles. The van der Waals surface area contributed by atoms with Gasteiger partial charge in [-0.2, -0.15) is 0 Å². The first-order valence-electron chi connectivity index (χ1n) is 5.21. The molecule has 92 valence electrons. The highest BCUT2D eigenvalue weighted by atomic mass is 32.2. The average Bonchev–Trinajstić information content (AvgIpc) is 2.27. The van der Waals surface area contributed by atoms with Crippen LogP contribution < -0.4 is 5.32 Å². The number of aliphatic carboxylic acids is 1. The molecule has 0 aromatic heterocycles. The van der Waals surface area contributed by atoms with E-state index in [1.165, 1.54) is 18.7 Å². The summed E-state index contributed by atoms with van der Waals surface area (Å²) in [4.78, 5) is 23.0. The molecule has 0 saturated heterocycles. The highest BCUT2D eigenvalue weighted by molar-refractivity contribution is 8.00. The number of rotatable bonds is 5. The fourth-order valence-corrected chi connectivity index (χ4v) is 2.05. The van der Waals surface area contributed by atoms with Crippen molar-refractivity contribution in [2.24, 2.45) is 0 Å². The van der Waals surface area contributed by atoms with Crippen LogP contribution in [0.25, 0.3) is 0 Å². The largest absolute Gasteiger partial charge is 0.480 e. The highest BCUT2D eigenvalue weighted by Gasteiger charge is 2.13. The Balaban J connectivity index is 2.44. The summed E-state index contributed by atoms with van der Waals surface area (Å²) in [6.45, 7) is 3.42. The fourth-order valence-electron chi connectivity index (χ4n) is 1.21. The van der Waals surface area contributed by atoms with Gasteiger partial charge in [0.05, 0.1) is 5.75 Å². The van der Waals surface area contributed by atoms with Crippen LogP contribution in [-0.4, -0.2) is 28.8 Å². The summed E-state index contributed by atoms with van der Waals surface area (Å²) in [5, 5.41) is 11.0. The predicted molar refractivity (Wildman–Crippen MR) is 67.1 cm³/mol. The molecule has 1 rings (SSSR count). The Morgan fingerprint density at radius 3 is 2.65 bits per heavy atom. The minimum atomic E-state index is -1.03. The van der Waals surface area contributed by atoms with Gasteiger partial charge in [-0.25, -0.2) is 0 Å². The van der Waals surface area contributed by atoms with E-state index in [9.17, 15) is 9.59 Å². The van der Waals surface area contributed by atoms with Gasteiger partial charge in [0.2, 0.25) is 5.91 Å². The molecule has 0 aliphatic rings. The van der Waals surface area contributed by atoms with Crippen LogP contribution in [-0.2, 0) is 9.59 Å². The van der Waals surface area contributed by atoms with E-state index in [1.54, 1.807) is 0 Å². The topological polar surface area (TPSA) is 66.4 Å². The number of nitrogens with one attached hydrogen (secondary N) is 1. The van der Waals surface area contributed by atoms with Crippen molar-refractivity contribution >= 4 is 23.6 Å². The van der Waals surface area contributed by atoms with Gasteiger partial charge in [-0.15, -0.1) is 11.8 Å². The smallest absolute Gasteiger partial charge is 0.325 e. The maximum absolute atomic E-state index is 11.4. The Labute approximate surface area is 104 Å². The zero-order chi connectivity index (χ0) is 12.8. The Kier molecular flexibility index (Phi) is 5.03. The molecule has 0 radical (unpaired) electrons. The average molecular weight is 253 g/mol. The molecule has 4 nitrogen and oxygen atoms in total. The molecule has 1 atom stereocenters. The van der Waals surface area contributed by atoms with Crippen LogP contribution in [0.4, 0.5) is 0 Å². The molecule has 0 aliphatic carbocycles. The van der Waals surface area contributed by atoms with Crippen LogP contribution in [0.15, 0.2) is 29.2 Å². The number of carboxylic acids is 1.